The second-order valence-electron chi connectivity index (χ2n) is 6.61. The monoisotopic (exact) mass is 367 g/mol. The maximum atomic E-state index is 12.5. The van der Waals surface area contributed by atoms with Gasteiger partial charge in [-0.25, -0.2) is 0 Å². The van der Waals surface area contributed by atoms with Crippen LogP contribution in [0.1, 0.15) is 31.9 Å². The Labute approximate surface area is 162 Å². The van der Waals surface area contributed by atoms with Crippen LogP contribution in [-0.2, 0) is 9.59 Å². The highest BCUT2D eigenvalue weighted by Gasteiger charge is 2.19. The lowest BCUT2D eigenvalue weighted by molar-refractivity contribution is -0.120. The van der Waals surface area contributed by atoms with Crippen molar-refractivity contribution < 1.29 is 9.59 Å². The van der Waals surface area contributed by atoms with Crippen molar-refractivity contribution in [1.29, 1.82) is 0 Å². The molecule has 5 nitrogen and oxygen atoms in total. The molecule has 0 fully saturated rings. The highest BCUT2D eigenvalue weighted by Crippen LogP contribution is 2.26. The fraction of sp³-hybridized carbons (Fsp3) is 0.364. The molecule has 0 aliphatic heterocycles. The van der Waals surface area contributed by atoms with Gasteiger partial charge in [-0.05, 0) is 63.1 Å². The van der Waals surface area contributed by atoms with Crippen LogP contribution >= 0.6 is 0 Å². The van der Waals surface area contributed by atoms with Gasteiger partial charge >= 0.3 is 0 Å². The Kier molecular flexibility index (Phi) is 6.99. The van der Waals surface area contributed by atoms with E-state index in [0.29, 0.717) is 0 Å². The zero-order chi connectivity index (χ0) is 20.0. The molecule has 0 saturated heterocycles. The minimum absolute atomic E-state index is 0.0187. The van der Waals surface area contributed by atoms with Gasteiger partial charge in [-0.1, -0.05) is 18.2 Å². The Hall–Kier alpha value is -2.82. The molecule has 0 bridgehead atoms. The SMILES string of the molecule is CCN(CC)c1ccc(N(CC(=O)Nc2ccccc2C)C(C)=O)c(C)c1. The molecule has 1 N–H and O–H groups in total. The fourth-order valence-electron chi connectivity index (χ4n) is 3.14. The topological polar surface area (TPSA) is 52.6 Å². The number of nitrogens with one attached hydrogen (secondary N) is 1. The minimum Gasteiger partial charge on any atom is -0.372 e. The van der Waals surface area contributed by atoms with E-state index in [4.69, 9.17) is 0 Å². The molecule has 2 aromatic carbocycles. The van der Waals surface area contributed by atoms with E-state index >= 15 is 0 Å². The first-order valence-electron chi connectivity index (χ1n) is 9.36. The second-order valence-corrected chi connectivity index (χ2v) is 6.61. The van der Waals surface area contributed by atoms with Crippen molar-refractivity contribution in [1.82, 2.24) is 0 Å². The number of hydrogen-bond donors (Lipinski definition) is 1. The second kappa shape index (κ2) is 9.21. The van der Waals surface area contributed by atoms with Crippen LogP contribution < -0.4 is 15.1 Å². The van der Waals surface area contributed by atoms with E-state index in [1.807, 2.05) is 50.2 Å². The van der Waals surface area contributed by atoms with Crippen LogP contribution in [0.25, 0.3) is 0 Å². The summed E-state index contributed by atoms with van der Waals surface area (Å²) in [6.45, 7) is 11.4. The van der Waals surface area contributed by atoms with Crippen LogP contribution in [0.15, 0.2) is 42.5 Å². The van der Waals surface area contributed by atoms with E-state index in [9.17, 15) is 9.59 Å². The molecule has 5 heteroatoms. The van der Waals surface area contributed by atoms with Crippen molar-refractivity contribution in [3.63, 3.8) is 0 Å². The number of benzene rings is 2. The molecule has 2 rings (SSSR count). The van der Waals surface area contributed by atoms with Gasteiger partial charge in [-0.2, -0.15) is 0 Å². The van der Waals surface area contributed by atoms with E-state index in [1.165, 1.54) is 11.8 Å². The molecule has 0 aliphatic rings. The van der Waals surface area contributed by atoms with Gasteiger partial charge in [-0.3, -0.25) is 9.59 Å². The standard InChI is InChI=1S/C22H29N3O2/c1-6-24(7-2)19-12-13-21(17(4)14-19)25(18(5)26)15-22(27)23-20-11-9-8-10-16(20)3/h8-14H,6-7,15H2,1-5H3,(H,23,27). The van der Waals surface area contributed by atoms with Gasteiger partial charge in [0.05, 0.1) is 0 Å². The summed E-state index contributed by atoms with van der Waals surface area (Å²) in [4.78, 5) is 28.5. The Morgan fingerprint density at radius 3 is 2.19 bits per heavy atom. The molecule has 0 radical (unpaired) electrons. The summed E-state index contributed by atoms with van der Waals surface area (Å²) >= 11 is 0. The highest BCUT2D eigenvalue weighted by molar-refractivity contribution is 6.02. The summed E-state index contributed by atoms with van der Waals surface area (Å²) in [5, 5.41) is 2.89. The Morgan fingerprint density at radius 2 is 1.63 bits per heavy atom. The molecule has 0 atom stereocenters. The van der Waals surface area contributed by atoms with Gasteiger partial charge in [0.15, 0.2) is 0 Å². The van der Waals surface area contributed by atoms with E-state index in [1.54, 1.807) is 0 Å². The molecule has 144 valence electrons. The fourth-order valence-corrected chi connectivity index (χ4v) is 3.14. The number of anilines is 3. The summed E-state index contributed by atoms with van der Waals surface area (Å²) in [6, 6.07) is 13.6. The van der Waals surface area contributed by atoms with Crippen LogP contribution in [0.4, 0.5) is 17.1 Å². The van der Waals surface area contributed by atoms with E-state index in [0.717, 1.165) is 41.3 Å². The van der Waals surface area contributed by atoms with Crippen molar-refractivity contribution in [2.75, 3.05) is 34.8 Å². The summed E-state index contributed by atoms with van der Waals surface area (Å²) in [7, 11) is 0. The smallest absolute Gasteiger partial charge is 0.244 e. The molecule has 27 heavy (non-hydrogen) atoms. The third-order valence-corrected chi connectivity index (χ3v) is 4.70. The van der Waals surface area contributed by atoms with E-state index in [2.05, 4.69) is 30.1 Å². The van der Waals surface area contributed by atoms with Gasteiger partial charge in [0, 0.05) is 37.1 Å². The van der Waals surface area contributed by atoms with Crippen LogP contribution in [0.5, 0.6) is 0 Å². The van der Waals surface area contributed by atoms with Crippen LogP contribution in [0.3, 0.4) is 0 Å². The average molecular weight is 367 g/mol. The first-order chi connectivity index (χ1) is 12.9. The molecular weight excluding hydrogens is 338 g/mol. The van der Waals surface area contributed by atoms with E-state index < -0.39 is 0 Å². The number of para-hydroxylation sites is 1. The summed E-state index contributed by atoms with van der Waals surface area (Å²) in [6.07, 6.45) is 0. The minimum atomic E-state index is -0.216. The molecule has 0 spiro atoms. The van der Waals surface area contributed by atoms with Crippen molar-refractivity contribution in [3.05, 3.63) is 53.6 Å². The van der Waals surface area contributed by atoms with Gasteiger partial charge in [0.2, 0.25) is 11.8 Å². The largest absolute Gasteiger partial charge is 0.372 e. The summed E-state index contributed by atoms with van der Waals surface area (Å²) in [5.74, 6) is -0.375. The van der Waals surface area contributed by atoms with Crippen molar-refractivity contribution in [2.24, 2.45) is 0 Å². The molecule has 0 unspecified atom stereocenters. The molecule has 0 aromatic heterocycles. The quantitative estimate of drug-likeness (QED) is 0.800. The van der Waals surface area contributed by atoms with Gasteiger partial charge < -0.3 is 15.1 Å². The van der Waals surface area contributed by atoms with E-state index in [-0.39, 0.29) is 18.4 Å². The normalized spacial score (nSPS) is 10.4. The number of amides is 2. The van der Waals surface area contributed by atoms with Crippen molar-refractivity contribution in [2.45, 2.75) is 34.6 Å². The van der Waals surface area contributed by atoms with Crippen LogP contribution in [0.2, 0.25) is 0 Å². The van der Waals surface area contributed by atoms with Crippen molar-refractivity contribution in [3.8, 4) is 0 Å². The highest BCUT2D eigenvalue weighted by atomic mass is 16.2. The molecule has 0 saturated carbocycles. The zero-order valence-corrected chi connectivity index (χ0v) is 16.9. The number of aryl methyl sites for hydroxylation is 2. The summed E-state index contributed by atoms with van der Waals surface area (Å²) in [5.41, 5.74) is 4.60. The third-order valence-electron chi connectivity index (χ3n) is 4.70. The lowest BCUT2D eigenvalue weighted by Crippen LogP contribution is -2.37. The molecule has 0 heterocycles. The number of carbonyl (C=O) groups is 2. The third kappa shape index (κ3) is 5.09. The van der Waals surface area contributed by atoms with Crippen LogP contribution in [-0.4, -0.2) is 31.4 Å². The summed E-state index contributed by atoms with van der Waals surface area (Å²) < 4.78 is 0. The number of hydrogen-bond acceptors (Lipinski definition) is 3. The maximum Gasteiger partial charge on any atom is 0.244 e. The Bertz CT molecular complexity index is 813. The maximum absolute atomic E-state index is 12.5. The Morgan fingerprint density at radius 1 is 0.963 bits per heavy atom. The Balaban J connectivity index is 2.21. The molecule has 2 amide bonds. The average Bonchev–Trinajstić information content (AvgIpc) is 2.63. The van der Waals surface area contributed by atoms with Gasteiger partial charge in [0.1, 0.15) is 6.54 Å². The number of rotatable bonds is 7. The van der Waals surface area contributed by atoms with Crippen LogP contribution in [0, 0.1) is 13.8 Å². The van der Waals surface area contributed by atoms with Gasteiger partial charge in [0.25, 0.3) is 0 Å². The molecule has 0 aliphatic carbocycles. The molecule has 2 aromatic rings. The first-order valence-corrected chi connectivity index (χ1v) is 9.36. The predicted octanol–water partition coefficient (Wildman–Crippen LogP) is 4.14. The van der Waals surface area contributed by atoms with Crippen molar-refractivity contribution >= 4 is 28.9 Å². The lowest BCUT2D eigenvalue weighted by atomic mass is 10.1. The molecular formula is C22H29N3O2. The predicted molar refractivity (Wildman–Crippen MR) is 113 cm³/mol. The number of nitrogens with zero attached hydrogens (tertiary/aromatic N) is 2. The zero-order valence-electron chi connectivity index (χ0n) is 16.9. The lowest BCUT2D eigenvalue weighted by Gasteiger charge is -2.26. The van der Waals surface area contributed by atoms with Gasteiger partial charge in [-0.15, -0.1) is 0 Å². The first kappa shape index (κ1) is 20.5. The number of carbonyl (C=O) groups excluding carboxylic acids is 2.